The first kappa shape index (κ1) is 20.0. The van der Waals surface area contributed by atoms with Crippen LogP contribution in [0.15, 0.2) is 36.6 Å². The molecule has 0 spiro atoms. The number of nitrogens with zero attached hydrogens (tertiary/aromatic N) is 1. The lowest BCUT2D eigenvalue weighted by molar-refractivity contribution is -0.157. The maximum Gasteiger partial charge on any atom is 0.389 e. The van der Waals surface area contributed by atoms with E-state index in [2.05, 4.69) is 0 Å². The summed E-state index contributed by atoms with van der Waals surface area (Å²) in [6.45, 7) is 4.70. The first-order chi connectivity index (χ1) is 12.0. The Labute approximate surface area is 150 Å². The second kappa shape index (κ2) is 7.51. The third-order valence-electron chi connectivity index (χ3n) is 4.43. The average Bonchev–Trinajstić information content (AvgIpc) is 2.54. The number of hydrogen-bond acceptors (Lipinski definition) is 3. The summed E-state index contributed by atoms with van der Waals surface area (Å²) in [7, 11) is 0. The van der Waals surface area contributed by atoms with Crippen molar-refractivity contribution in [2.24, 2.45) is 0 Å². The van der Waals surface area contributed by atoms with Gasteiger partial charge in [0.2, 0.25) is 0 Å². The molecule has 26 heavy (non-hydrogen) atoms. The number of Topliss-reactive ketones (excluding diaryl/α,β-unsaturated/α-hetero) is 1. The molecule has 1 aliphatic heterocycles. The molecular formula is C19H22F3NO3. The molecule has 1 atom stereocenters. The minimum atomic E-state index is -4.30. The highest BCUT2D eigenvalue weighted by Gasteiger charge is 2.44. The second-order valence-corrected chi connectivity index (χ2v) is 6.76. The molecule has 1 aliphatic rings. The van der Waals surface area contributed by atoms with Crippen molar-refractivity contribution in [1.29, 1.82) is 0 Å². The minimum absolute atomic E-state index is 0.257. The van der Waals surface area contributed by atoms with Crippen LogP contribution in [0, 0.1) is 0 Å². The Morgan fingerprint density at radius 1 is 1.19 bits per heavy atom. The molecule has 4 nitrogen and oxygen atoms in total. The summed E-state index contributed by atoms with van der Waals surface area (Å²) < 4.78 is 42.5. The number of ether oxygens (including phenoxy) is 1. The molecular weight excluding hydrogens is 347 g/mol. The van der Waals surface area contributed by atoms with Crippen LogP contribution in [0.25, 0.3) is 5.57 Å². The van der Waals surface area contributed by atoms with Crippen LogP contribution >= 0.6 is 0 Å². The van der Waals surface area contributed by atoms with Crippen molar-refractivity contribution in [1.82, 2.24) is 4.90 Å². The van der Waals surface area contributed by atoms with Crippen LogP contribution in [-0.4, -0.2) is 34.5 Å². The van der Waals surface area contributed by atoms with Gasteiger partial charge in [0, 0.05) is 12.8 Å². The molecule has 0 N–H and O–H groups in total. The highest BCUT2D eigenvalue weighted by Crippen LogP contribution is 2.32. The number of amides is 1. The van der Waals surface area contributed by atoms with Crippen molar-refractivity contribution in [2.45, 2.75) is 58.0 Å². The Balaban J connectivity index is 2.18. The molecule has 0 radical (unpaired) electrons. The lowest BCUT2D eigenvalue weighted by Crippen LogP contribution is -2.58. The van der Waals surface area contributed by atoms with E-state index in [1.54, 1.807) is 31.2 Å². The van der Waals surface area contributed by atoms with Crippen molar-refractivity contribution in [3.63, 3.8) is 0 Å². The average molecular weight is 369 g/mol. The Morgan fingerprint density at radius 2 is 1.81 bits per heavy atom. The summed E-state index contributed by atoms with van der Waals surface area (Å²) >= 11 is 0. The molecule has 7 heteroatoms. The second-order valence-electron chi connectivity index (χ2n) is 6.76. The fourth-order valence-corrected chi connectivity index (χ4v) is 2.98. The van der Waals surface area contributed by atoms with Gasteiger partial charge in [-0.15, -0.1) is 0 Å². The number of halogens is 3. The summed E-state index contributed by atoms with van der Waals surface area (Å²) in [6, 6.07) is 8.87. The van der Waals surface area contributed by atoms with Gasteiger partial charge in [-0.2, -0.15) is 13.2 Å². The number of hydrogen-bond donors (Lipinski definition) is 0. The summed E-state index contributed by atoms with van der Waals surface area (Å²) in [6.07, 6.45) is -5.22. The van der Waals surface area contributed by atoms with E-state index in [0.29, 0.717) is 11.1 Å². The Hall–Kier alpha value is -2.31. The third-order valence-corrected chi connectivity index (χ3v) is 4.43. The van der Waals surface area contributed by atoms with Gasteiger partial charge in [-0.3, -0.25) is 14.5 Å². The van der Waals surface area contributed by atoms with Gasteiger partial charge in [-0.1, -0.05) is 30.3 Å². The van der Waals surface area contributed by atoms with E-state index < -0.39 is 30.1 Å². The van der Waals surface area contributed by atoms with Gasteiger partial charge in [0.15, 0.2) is 12.0 Å². The predicted molar refractivity (Wildman–Crippen MR) is 90.8 cm³/mol. The van der Waals surface area contributed by atoms with E-state index in [1.165, 1.54) is 25.0 Å². The predicted octanol–water partition coefficient (Wildman–Crippen LogP) is 4.31. The highest BCUT2D eigenvalue weighted by atomic mass is 19.4. The van der Waals surface area contributed by atoms with E-state index in [-0.39, 0.29) is 18.7 Å². The third kappa shape index (κ3) is 4.45. The molecule has 2 rings (SSSR count). The van der Waals surface area contributed by atoms with Gasteiger partial charge in [-0.25, -0.2) is 0 Å². The van der Waals surface area contributed by atoms with Crippen LogP contribution in [0.4, 0.5) is 13.2 Å². The molecule has 0 aliphatic carbocycles. The highest BCUT2D eigenvalue weighted by molar-refractivity contribution is 6.20. The van der Waals surface area contributed by atoms with Gasteiger partial charge in [-0.05, 0) is 32.8 Å². The fourth-order valence-electron chi connectivity index (χ4n) is 2.98. The Kier molecular flexibility index (Phi) is 5.78. The molecule has 1 aromatic carbocycles. The summed E-state index contributed by atoms with van der Waals surface area (Å²) in [5, 5.41) is 0. The van der Waals surface area contributed by atoms with Gasteiger partial charge >= 0.3 is 6.18 Å². The molecule has 1 aromatic rings. The lowest BCUT2D eigenvalue weighted by Gasteiger charge is -2.43. The lowest BCUT2D eigenvalue weighted by atomic mass is 9.90. The van der Waals surface area contributed by atoms with E-state index in [1.807, 2.05) is 6.07 Å². The van der Waals surface area contributed by atoms with Crippen molar-refractivity contribution >= 4 is 17.3 Å². The number of benzene rings is 1. The summed E-state index contributed by atoms with van der Waals surface area (Å²) in [5.74, 6) is -0.816. The number of carbonyl (C=O) groups excluding carboxylic acids is 2. The summed E-state index contributed by atoms with van der Waals surface area (Å²) in [5.41, 5.74) is -0.328. The normalized spacial score (nSPS) is 18.4. The van der Waals surface area contributed by atoms with Gasteiger partial charge in [0.05, 0.1) is 17.4 Å². The molecule has 0 saturated heterocycles. The number of carbonyl (C=O) groups is 2. The van der Waals surface area contributed by atoms with Crippen LogP contribution in [0.2, 0.25) is 0 Å². The largest absolute Gasteiger partial charge is 0.477 e. The zero-order chi connectivity index (χ0) is 19.5. The summed E-state index contributed by atoms with van der Waals surface area (Å²) in [4.78, 5) is 26.8. The van der Waals surface area contributed by atoms with Crippen LogP contribution < -0.4 is 0 Å². The molecule has 0 bridgehead atoms. The van der Waals surface area contributed by atoms with Gasteiger partial charge in [0.25, 0.3) is 5.91 Å². The number of alkyl halides is 3. The van der Waals surface area contributed by atoms with Crippen LogP contribution in [0.1, 0.15) is 45.6 Å². The van der Waals surface area contributed by atoms with Gasteiger partial charge < -0.3 is 4.74 Å². The molecule has 1 amide bonds. The van der Waals surface area contributed by atoms with Crippen LogP contribution in [0.5, 0.6) is 0 Å². The molecule has 0 saturated carbocycles. The van der Waals surface area contributed by atoms with Crippen LogP contribution in [-0.2, 0) is 14.3 Å². The zero-order valence-corrected chi connectivity index (χ0v) is 15.0. The Morgan fingerprint density at radius 3 is 2.38 bits per heavy atom. The quantitative estimate of drug-likeness (QED) is 0.751. The van der Waals surface area contributed by atoms with Gasteiger partial charge in [0.1, 0.15) is 0 Å². The SMILES string of the molecule is CC1OC=C(c2ccccc2)C(=O)N1C(C)(C)C(=O)CCCC(F)(F)F. The molecule has 0 aromatic heterocycles. The van der Waals surface area contributed by atoms with Crippen molar-refractivity contribution < 1.29 is 27.5 Å². The minimum Gasteiger partial charge on any atom is -0.477 e. The first-order valence-electron chi connectivity index (χ1n) is 8.39. The molecule has 0 fully saturated rings. The monoisotopic (exact) mass is 369 g/mol. The van der Waals surface area contributed by atoms with Crippen molar-refractivity contribution in [3.05, 3.63) is 42.2 Å². The maximum atomic E-state index is 13.0. The fraction of sp³-hybridized carbons (Fsp3) is 0.474. The zero-order valence-electron chi connectivity index (χ0n) is 15.0. The van der Waals surface area contributed by atoms with E-state index in [0.717, 1.165) is 0 Å². The first-order valence-corrected chi connectivity index (χ1v) is 8.39. The van der Waals surface area contributed by atoms with E-state index in [4.69, 9.17) is 4.74 Å². The molecule has 142 valence electrons. The van der Waals surface area contributed by atoms with E-state index in [9.17, 15) is 22.8 Å². The number of ketones is 1. The topological polar surface area (TPSA) is 46.6 Å². The Bertz CT molecular complexity index is 696. The van der Waals surface area contributed by atoms with Crippen LogP contribution in [0.3, 0.4) is 0 Å². The van der Waals surface area contributed by atoms with Crippen molar-refractivity contribution in [2.75, 3.05) is 0 Å². The number of rotatable bonds is 6. The van der Waals surface area contributed by atoms with Crippen molar-refractivity contribution in [3.8, 4) is 0 Å². The maximum absolute atomic E-state index is 13.0. The molecule has 1 heterocycles. The molecule has 1 unspecified atom stereocenters. The van der Waals surface area contributed by atoms with E-state index >= 15 is 0 Å². The standard InChI is InChI=1S/C19H22F3NO3/c1-13-23(18(2,3)16(24)10-7-11-19(20,21)22)17(25)15(12-26-13)14-8-5-4-6-9-14/h4-6,8-9,12-13H,7,10-11H2,1-3H3. The smallest absolute Gasteiger partial charge is 0.389 e.